The second-order valence-electron chi connectivity index (χ2n) is 6.04. The lowest BCUT2D eigenvalue weighted by molar-refractivity contribution is -0.117. The molecule has 8 nitrogen and oxygen atoms in total. The molecule has 0 saturated carbocycles. The van der Waals surface area contributed by atoms with E-state index in [-0.39, 0.29) is 35.7 Å². The third-order valence-electron chi connectivity index (χ3n) is 3.98. The molecule has 0 spiro atoms. The first-order chi connectivity index (χ1) is 12.0. The van der Waals surface area contributed by atoms with Gasteiger partial charge in [0.2, 0.25) is 5.91 Å². The molecule has 2 aliphatic heterocycles. The Morgan fingerprint density at radius 2 is 2.23 bits per heavy atom. The Bertz CT molecular complexity index is 763. The second-order valence-corrected chi connectivity index (χ2v) is 7.73. The highest BCUT2D eigenvalue weighted by Gasteiger charge is 2.20. The van der Waals surface area contributed by atoms with E-state index in [1.165, 1.54) is 12.1 Å². The lowest BCUT2D eigenvalue weighted by Gasteiger charge is -2.23. The Hall–Kier alpha value is -1.68. The van der Waals surface area contributed by atoms with Crippen LogP contribution in [0.15, 0.2) is 34.2 Å². The number of carbonyl (C=O) groups is 1. The van der Waals surface area contributed by atoms with Crippen molar-refractivity contribution < 1.29 is 17.9 Å². The van der Waals surface area contributed by atoms with Gasteiger partial charge in [-0.1, -0.05) is 6.07 Å². The standard InChI is InChI=1S/C16H22N4O4S.ClH/c21-16(10-13-11-24-8-7-17-13)19-12-3-1-4-14(9-12)25(22,23)20-15-5-2-6-18-15;/h1,3-4,9,13,17H,2,5-8,10-11H2,(H,18,20)(H,19,21);1H. The van der Waals surface area contributed by atoms with Crippen molar-refractivity contribution >= 4 is 39.9 Å². The van der Waals surface area contributed by atoms with Crippen LogP contribution in [0.3, 0.4) is 0 Å². The number of hydrogen-bond acceptors (Lipinski definition) is 6. The number of halogens is 1. The number of amides is 1. The minimum atomic E-state index is -3.69. The smallest absolute Gasteiger partial charge is 0.262 e. The molecule has 1 unspecified atom stereocenters. The van der Waals surface area contributed by atoms with Crippen molar-refractivity contribution in [3.05, 3.63) is 24.3 Å². The van der Waals surface area contributed by atoms with Gasteiger partial charge in [0.15, 0.2) is 0 Å². The first kappa shape index (κ1) is 20.6. The molecule has 1 fully saturated rings. The van der Waals surface area contributed by atoms with Crippen LogP contribution in [0.25, 0.3) is 0 Å². The maximum atomic E-state index is 12.4. The molecule has 3 rings (SSSR count). The molecule has 2 aliphatic rings. The summed E-state index contributed by atoms with van der Waals surface area (Å²) in [7, 11) is -3.69. The Balaban J connectivity index is 0.00000243. The molecule has 144 valence electrons. The molecular formula is C16H23ClN4O4S. The van der Waals surface area contributed by atoms with Gasteiger partial charge >= 0.3 is 0 Å². The highest BCUT2D eigenvalue weighted by molar-refractivity contribution is 7.90. The number of anilines is 1. The molecule has 10 heteroatoms. The van der Waals surface area contributed by atoms with Crippen molar-refractivity contribution in [2.45, 2.75) is 30.2 Å². The fourth-order valence-corrected chi connectivity index (χ4v) is 3.90. The third-order valence-corrected chi connectivity index (χ3v) is 5.36. The van der Waals surface area contributed by atoms with E-state index in [1.807, 2.05) is 0 Å². The summed E-state index contributed by atoms with van der Waals surface area (Å²) < 4.78 is 32.6. The zero-order valence-electron chi connectivity index (χ0n) is 14.2. The van der Waals surface area contributed by atoms with E-state index < -0.39 is 10.0 Å². The van der Waals surface area contributed by atoms with Crippen molar-refractivity contribution in [2.75, 3.05) is 31.6 Å². The molecule has 0 bridgehead atoms. The predicted octanol–water partition coefficient (Wildman–Crippen LogP) is 0.896. The van der Waals surface area contributed by atoms with Crippen molar-refractivity contribution in [2.24, 2.45) is 4.99 Å². The van der Waals surface area contributed by atoms with Crippen LogP contribution in [0.2, 0.25) is 0 Å². The summed E-state index contributed by atoms with van der Waals surface area (Å²) in [5.74, 6) is 0.295. The van der Waals surface area contributed by atoms with Gasteiger partial charge in [0.05, 0.1) is 18.1 Å². The molecule has 1 saturated heterocycles. The van der Waals surface area contributed by atoms with Crippen molar-refractivity contribution in [3.63, 3.8) is 0 Å². The van der Waals surface area contributed by atoms with E-state index in [9.17, 15) is 13.2 Å². The average molecular weight is 403 g/mol. The van der Waals surface area contributed by atoms with Crippen molar-refractivity contribution in [3.8, 4) is 0 Å². The van der Waals surface area contributed by atoms with Gasteiger partial charge in [0.1, 0.15) is 5.84 Å². The largest absolute Gasteiger partial charge is 0.378 e. The van der Waals surface area contributed by atoms with Gasteiger partial charge in [0, 0.05) is 37.7 Å². The first-order valence-electron chi connectivity index (χ1n) is 8.30. The molecule has 1 aromatic rings. The Kier molecular flexibility index (Phi) is 7.39. The van der Waals surface area contributed by atoms with Gasteiger partial charge in [-0.3, -0.25) is 14.5 Å². The van der Waals surface area contributed by atoms with Gasteiger partial charge in [-0.2, -0.15) is 0 Å². The van der Waals surface area contributed by atoms with Gasteiger partial charge < -0.3 is 15.4 Å². The molecule has 0 aromatic heterocycles. The van der Waals surface area contributed by atoms with Gasteiger partial charge in [0.25, 0.3) is 10.0 Å². The van der Waals surface area contributed by atoms with E-state index in [2.05, 4.69) is 20.3 Å². The number of sulfonamides is 1. The van der Waals surface area contributed by atoms with Crippen molar-refractivity contribution in [1.29, 1.82) is 0 Å². The Morgan fingerprint density at radius 3 is 2.92 bits per heavy atom. The van der Waals surface area contributed by atoms with E-state index >= 15 is 0 Å². The Labute approximate surface area is 159 Å². The van der Waals surface area contributed by atoms with Gasteiger partial charge in [-0.05, 0) is 24.6 Å². The highest BCUT2D eigenvalue weighted by atomic mass is 35.5. The number of rotatable bonds is 5. The minimum Gasteiger partial charge on any atom is -0.378 e. The summed E-state index contributed by atoms with van der Waals surface area (Å²) in [4.78, 5) is 16.3. The van der Waals surface area contributed by atoms with Crippen molar-refractivity contribution in [1.82, 2.24) is 10.0 Å². The number of ether oxygens (including phenoxy) is 1. The molecule has 3 N–H and O–H groups in total. The minimum absolute atomic E-state index is 0. The van der Waals surface area contributed by atoms with E-state index in [1.54, 1.807) is 12.1 Å². The van der Waals surface area contributed by atoms with Crippen LogP contribution in [-0.2, 0) is 19.6 Å². The fourth-order valence-electron chi connectivity index (χ4n) is 2.76. The topological polar surface area (TPSA) is 109 Å². The van der Waals surface area contributed by atoms with Crippen LogP contribution < -0.4 is 15.4 Å². The molecule has 0 aliphatic carbocycles. The van der Waals surface area contributed by atoms with E-state index in [0.29, 0.717) is 37.7 Å². The maximum Gasteiger partial charge on any atom is 0.262 e. The number of benzene rings is 1. The Morgan fingerprint density at radius 1 is 1.38 bits per heavy atom. The molecule has 2 heterocycles. The number of amidine groups is 1. The molecule has 1 amide bonds. The SMILES string of the molecule is Cl.O=C(CC1COCCN1)Nc1cccc(S(=O)(=O)NC2=NCCC2)c1. The maximum absolute atomic E-state index is 12.4. The quantitative estimate of drug-likeness (QED) is 0.677. The highest BCUT2D eigenvalue weighted by Crippen LogP contribution is 2.17. The van der Waals surface area contributed by atoms with E-state index in [0.717, 1.165) is 13.0 Å². The average Bonchev–Trinajstić information content (AvgIpc) is 3.08. The van der Waals surface area contributed by atoms with Gasteiger partial charge in [-0.25, -0.2) is 8.42 Å². The molecule has 0 radical (unpaired) electrons. The van der Waals surface area contributed by atoms with Crippen LogP contribution in [-0.4, -0.2) is 52.5 Å². The normalized spacial score (nSPS) is 20.0. The summed E-state index contributed by atoms with van der Waals surface area (Å²) in [5.41, 5.74) is 0.443. The van der Waals surface area contributed by atoms with E-state index in [4.69, 9.17) is 4.74 Å². The predicted molar refractivity (Wildman–Crippen MR) is 101 cm³/mol. The number of morpholine rings is 1. The number of carbonyl (C=O) groups excluding carboxylic acids is 1. The zero-order chi connectivity index (χ0) is 17.7. The molecular weight excluding hydrogens is 380 g/mol. The van der Waals surface area contributed by atoms with Crippen LogP contribution in [0.1, 0.15) is 19.3 Å². The number of nitrogens with one attached hydrogen (secondary N) is 3. The van der Waals surface area contributed by atoms with Crippen LogP contribution in [0.4, 0.5) is 5.69 Å². The van der Waals surface area contributed by atoms with Crippen LogP contribution >= 0.6 is 12.4 Å². The second kappa shape index (κ2) is 9.31. The summed E-state index contributed by atoms with van der Waals surface area (Å²) >= 11 is 0. The molecule has 26 heavy (non-hydrogen) atoms. The van der Waals surface area contributed by atoms with Crippen LogP contribution in [0.5, 0.6) is 0 Å². The zero-order valence-corrected chi connectivity index (χ0v) is 15.9. The summed E-state index contributed by atoms with van der Waals surface area (Å²) in [6.45, 7) is 2.51. The number of hydrogen-bond donors (Lipinski definition) is 3. The lowest BCUT2D eigenvalue weighted by atomic mass is 10.2. The number of aliphatic imine (C=N–C) groups is 1. The monoisotopic (exact) mass is 402 g/mol. The fraction of sp³-hybridized carbons (Fsp3) is 0.500. The lowest BCUT2D eigenvalue weighted by Crippen LogP contribution is -2.43. The summed E-state index contributed by atoms with van der Waals surface area (Å²) in [6, 6.07) is 6.17. The third kappa shape index (κ3) is 5.66. The molecule has 1 aromatic carbocycles. The number of nitrogens with zero attached hydrogens (tertiary/aromatic N) is 1. The first-order valence-corrected chi connectivity index (χ1v) is 9.78. The summed E-state index contributed by atoms with van der Waals surface area (Å²) in [6.07, 6.45) is 1.75. The molecule has 1 atom stereocenters. The van der Waals surface area contributed by atoms with Crippen LogP contribution in [0, 0.1) is 0 Å². The van der Waals surface area contributed by atoms with Gasteiger partial charge in [-0.15, -0.1) is 12.4 Å². The summed E-state index contributed by atoms with van der Waals surface area (Å²) in [5, 5.41) is 5.95.